The van der Waals surface area contributed by atoms with Gasteiger partial charge in [-0.2, -0.15) is 0 Å². The van der Waals surface area contributed by atoms with E-state index in [1.807, 2.05) is 6.20 Å². The Morgan fingerprint density at radius 2 is 1.12 bits per heavy atom. The molecule has 0 bridgehead atoms. The van der Waals surface area contributed by atoms with Gasteiger partial charge >= 0.3 is 0 Å². The maximum Gasteiger partial charge on any atom is 0.156 e. The van der Waals surface area contributed by atoms with Crippen LogP contribution in [0.5, 0.6) is 0 Å². The Kier molecular flexibility index (Phi) is 3.57. The van der Waals surface area contributed by atoms with E-state index in [9.17, 15) is 0 Å². The lowest BCUT2D eigenvalue weighted by Crippen LogP contribution is -2.00. The highest BCUT2D eigenvalue weighted by Gasteiger charge is 2.27. The van der Waals surface area contributed by atoms with E-state index in [0.29, 0.717) is 0 Å². The van der Waals surface area contributed by atoms with Crippen molar-refractivity contribution in [1.29, 1.82) is 0 Å². The predicted octanol–water partition coefficient (Wildman–Crippen LogP) is 9.52. The molecule has 0 saturated carbocycles. The van der Waals surface area contributed by atoms with Crippen LogP contribution in [0.4, 0.5) is 0 Å². The van der Waals surface area contributed by atoms with Gasteiger partial charge < -0.3 is 4.40 Å². The van der Waals surface area contributed by atoms with Gasteiger partial charge in [0.15, 0.2) is 5.82 Å². The van der Waals surface area contributed by atoms with E-state index >= 15 is 0 Å². The Morgan fingerprint density at radius 3 is 1.90 bits per heavy atom. The third-order valence-corrected chi connectivity index (χ3v) is 9.41. The van der Waals surface area contributed by atoms with Crippen LogP contribution in [0.15, 0.2) is 121 Å². The molecule has 0 amide bonds. The van der Waals surface area contributed by atoms with Crippen molar-refractivity contribution >= 4 is 70.7 Å². The summed E-state index contributed by atoms with van der Waals surface area (Å²) in [4.78, 5) is 10.4. The molecular weight excluding hydrogens is 512 g/mol. The summed E-state index contributed by atoms with van der Waals surface area (Å²) in [5.74, 6) is 0.839. The third-order valence-electron chi connectivity index (χ3n) is 9.41. The molecule has 42 heavy (non-hydrogen) atoms. The molecule has 6 aromatic carbocycles. The van der Waals surface area contributed by atoms with Gasteiger partial charge in [-0.3, -0.25) is 9.55 Å². The normalized spacial score (nSPS) is 12.8. The average Bonchev–Trinajstić information content (AvgIpc) is 3.76. The molecule has 4 nitrogen and oxygen atoms in total. The largest absolute Gasteiger partial charge is 0.308 e. The van der Waals surface area contributed by atoms with Crippen LogP contribution in [0.25, 0.3) is 99.0 Å². The van der Waals surface area contributed by atoms with Gasteiger partial charge in [-0.05, 0) is 29.7 Å². The molecule has 0 aliphatic heterocycles. The molecule has 0 spiro atoms. The summed E-state index contributed by atoms with van der Waals surface area (Å²) in [6.45, 7) is 0. The number of rotatable bonds is 1. The SMILES string of the molecule is c1cc2c3c(cccc3c1)-c1nc(-n3c4ccccc4c4c5c6ccccc6n6c7ccccc7c(cc43)c56)cnc1-2. The molecule has 0 atom stereocenters. The van der Waals surface area contributed by atoms with Crippen LogP contribution < -0.4 is 0 Å². The van der Waals surface area contributed by atoms with Crippen LogP contribution in [0.2, 0.25) is 0 Å². The smallest absolute Gasteiger partial charge is 0.156 e. The van der Waals surface area contributed by atoms with Gasteiger partial charge in [0.1, 0.15) is 0 Å². The quantitative estimate of drug-likeness (QED) is 0.211. The standard InChI is InChI=1S/C38H20N4/c1-4-16-28-22(11-1)27-19-31-34(35-24-13-3-6-18-30(24)42(28)38(27)35)23-12-2-5-17-29(23)41(31)32-20-39-36-25-14-7-9-21-10-8-15-26(33(21)25)37(36)40-32/h1-20H. The molecule has 192 valence electrons. The van der Waals surface area contributed by atoms with Crippen molar-refractivity contribution in [2.75, 3.05) is 0 Å². The first kappa shape index (κ1) is 21.1. The maximum absolute atomic E-state index is 5.37. The van der Waals surface area contributed by atoms with Gasteiger partial charge in [-0.15, -0.1) is 0 Å². The summed E-state index contributed by atoms with van der Waals surface area (Å²) in [5, 5.41) is 10.1. The Morgan fingerprint density at radius 1 is 0.476 bits per heavy atom. The summed E-state index contributed by atoms with van der Waals surface area (Å²) in [7, 11) is 0. The van der Waals surface area contributed by atoms with Gasteiger partial charge in [0.2, 0.25) is 0 Å². The number of hydrogen-bond acceptors (Lipinski definition) is 2. The van der Waals surface area contributed by atoms with Crippen LogP contribution in [0.3, 0.4) is 0 Å². The highest BCUT2D eigenvalue weighted by molar-refractivity contribution is 6.35. The second-order valence-corrected chi connectivity index (χ2v) is 11.4. The average molecular weight is 533 g/mol. The molecule has 1 aliphatic carbocycles. The van der Waals surface area contributed by atoms with Gasteiger partial charge in [-0.25, -0.2) is 4.98 Å². The van der Waals surface area contributed by atoms with E-state index in [1.165, 1.54) is 65.2 Å². The minimum atomic E-state index is 0.839. The molecule has 4 heterocycles. The highest BCUT2D eigenvalue weighted by Crippen LogP contribution is 2.48. The van der Waals surface area contributed by atoms with E-state index in [-0.39, 0.29) is 0 Å². The second kappa shape index (κ2) is 7.12. The van der Waals surface area contributed by atoms with Gasteiger partial charge in [0.25, 0.3) is 0 Å². The van der Waals surface area contributed by atoms with Crippen molar-refractivity contribution in [1.82, 2.24) is 18.9 Å². The molecule has 0 N–H and O–H groups in total. The lowest BCUT2D eigenvalue weighted by Gasteiger charge is -2.09. The molecule has 4 heteroatoms. The number of para-hydroxylation sites is 3. The van der Waals surface area contributed by atoms with Crippen LogP contribution >= 0.6 is 0 Å². The Bertz CT molecular complexity index is 2790. The zero-order valence-corrected chi connectivity index (χ0v) is 22.3. The van der Waals surface area contributed by atoms with Crippen molar-refractivity contribution in [2.45, 2.75) is 0 Å². The van der Waals surface area contributed by atoms with Crippen LogP contribution in [0, 0.1) is 0 Å². The third kappa shape index (κ3) is 2.30. The molecule has 0 saturated heterocycles. The summed E-state index contributed by atoms with van der Waals surface area (Å²) in [5.41, 5.74) is 10.3. The van der Waals surface area contributed by atoms with Crippen molar-refractivity contribution in [3.05, 3.63) is 121 Å². The molecule has 10 aromatic rings. The lowest BCUT2D eigenvalue weighted by atomic mass is 10.0. The van der Waals surface area contributed by atoms with Crippen LogP contribution in [-0.4, -0.2) is 18.9 Å². The van der Waals surface area contributed by atoms with E-state index in [4.69, 9.17) is 9.97 Å². The Labute approximate surface area is 239 Å². The van der Waals surface area contributed by atoms with E-state index in [0.717, 1.165) is 33.8 Å². The second-order valence-electron chi connectivity index (χ2n) is 11.4. The van der Waals surface area contributed by atoms with Crippen molar-refractivity contribution in [2.24, 2.45) is 0 Å². The van der Waals surface area contributed by atoms with Crippen molar-refractivity contribution < 1.29 is 0 Å². The van der Waals surface area contributed by atoms with Crippen molar-refractivity contribution in [3.63, 3.8) is 0 Å². The first-order chi connectivity index (χ1) is 20.9. The fraction of sp³-hybridized carbons (Fsp3) is 0. The summed E-state index contributed by atoms with van der Waals surface area (Å²) in [6, 6.07) is 41.6. The highest BCUT2D eigenvalue weighted by atomic mass is 15.1. The van der Waals surface area contributed by atoms with E-state index in [2.05, 4.69) is 124 Å². The van der Waals surface area contributed by atoms with Crippen molar-refractivity contribution in [3.8, 4) is 28.3 Å². The fourth-order valence-corrected chi connectivity index (χ4v) is 7.82. The number of fused-ring (bicyclic) bond motifs is 13. The molecule has 4 aromatic heterocycles. The van der Waals surface area contributed by atoms with Gasteiger partial charge in [0.05, 0.1) is 45.2 Å². The maximum atomic E-state index is 5.37. The minimum absolute atomic E-state index is 0.839. The number of aromatic nitrogens is 4. The monoisotopic (exact) mass is 532 g/mol. The van der Waals surface area contributed by atoms with Gasteiger partial charge in [-0.1, -0.05) is 91.0 Å². The lowest BCUT2D eigenvalue weighted by molar-refractivity contribution is 1.05. The van der Waals surface area contributed by atoms with Gasteiger partial charge in [0, 0.05) is 48.8 Å². The molecule has 11 rings (SSSR count). The predicted molar refractivity (Wildman–Crippen MR) is 173 cm³/mol. The first-order valence-electron chi connectivity index (χ1n) is 14.4. The Balaban J connectivity index is 1.34. The molecule has 0 fully saturated rings. The summed E-state index contributed by atoms with van der Waals surface area (Å²) < 4.78 is 4.78. The topological polar surface area (TPSA) is 35.1 Å². The van der Waals surface area contributed by atoms with E-state index < -0.39 is 0 Å². The number of benzene rings is 6. The van der Waals surface area contributed by atoms with Crippen LogP contribution in [0.1, 0.15) is 0 Å². The first-order valence-corrected chi connectivity index (χ1v) is 14.4. The molecule has 0 radical (unpaired) electrons. The number of nitrogens with zero attached hydrogens (tertiary/aromatic N) is 4. The Hall–Kier alpha value is -5.74. The molecular formula is C38H20N4. The number of hydrogen-bond donors (Lipinski definition) is 0. The van der Waals surface area contributed by atoms with Crippen LogP contribution in [-0.2, 0) is 0 Å². The fourth-order valence-electron chi connectivity index (χ4n) is 7.82. The molecule has 0 unspecified atom stereocenters. The molecule has 1 aliphatic rings. The zero-order chi connectivity index (χ0) is 27.1. The summed E-state index contributed by atoms with van der Waals surface area (Å²) >= 11 is 0. The van der Waals surface area contributed by atoms with E-state index in [1.54, 1.807) is 0 Å². The zero-order valence-electron chi connectivity index (χ0n) is 22.3. The minimum Gasteiger partial charge on any atom is -0.308 e. The summed E-state index contributed by atoms with van der Waals surface area (Å²) in [6.07, 6.45) is 1.95.